The summed E-state index contributed by atoms with van der Waals surface area (Å²) in [7, 11) is 0. The minimum absolute atomic E-state index is 0.0671. The van der Waals surface area contributed by atoms with Crippen molar-refractivity contribution in [1.29, 1.82) is 0 Å². The summed E-state index contributed by atoms with van der Waals surface area (Å²) < 4.78 is 16.3. The van der Waals surface area contributed by atoms with E-state index in [1.807, 2.05) is 0 Å². The number of ether oxygens (including phenoxy) is 3. The van der Waals surface area contributed by atoms with Crippen LogP contribution >= 0.6 is 0 Å². The van der Waals surface area contributed by atoms with E-state index in [9.17, 15) is 9.59 Å². The number of carbonyl (C=O) groups excluding carboxylic acids is 2. The Hall–Kier alpha value is -2.60. The molecule has 174 valence electrons. The maximum atomic E-state index is 11.7. The number of esters is 2. The molecule has 2 N–H and O–H groups in total. The molecule has 6 heteroatoms. The lowest BCUT2D eigenvalue weighted by Gasteiger charge is -2.19. The van der Waals surface area contributed by atoms with Crippen LogP contribution in [0.1, 0.15) is 69.7 Å². The summed E-state index contributed by atoms with van der Waals surface area (Å²) in [6.07, 6.45) is 8.18. The van der Waals surface area contributed by atoms with Gasteiger partial charge >= 0.3 is 11.9 Å². The van der Waals surface area contributed by atoms with Crippen LogP contribution in [0.15, 0.2) is 48.1 Å². The first-order valence-corrected chi connectivity index (χ1v) is 11.5. The molecule has 4 rings (SSSR count). The van der Waals surface area contributed by atoms with Crippen LogP contribution in [0.4, 0.5) is 5.69 Å². The van der Waals surface area contributed by atoms with Gasteiger partial charge in [-0.3, -0.25) is 0 Å². The number of unbranched alkanes of at least 4 members (excludes halogenated alkanes) is 1. The number of epoxide rings is 1. The Labute approximate surface area is 190 Å². The van der Waals surface area contributed by atoms with Gasteiger partial charge in [0.15, 0.2) is 0 Å². The number of benzene rings is 1. The highest BCUT2D eigenvalue weighted by Gasteiger charge is 2.61. The molecule has 0 saturated carbocycles. The normalized spacial score (nSPS) is 28.8. The summed E-state index contributed by atoms with van der Waals surface area (Å²) in [6, 6.07) is 6.72. The van der Waals surface area contributed by atoms with Gasteiger partial charge in [0.2, 0.25) is 0 Å². The lowest BCUT2D eigenvalue weighted by atomic mass is 9.84. The van der Waals surface area contributed by atoms with Gasteiger partial charge in [0.1, 0.15) is 12.2 Å². The van der Waals surface area contributed by atoms with Crippen molar-refractivity contribution in [3.05, 3.63) is 53.6 Å². The fourth-order valence-corrected chi connectivity index (χ4v) is 4.22. The fourth-order valence-electron chi connectivity index (χ4n) is 4.22. The molecule has 6 nitrogen and oxygen atoms in total. The smallest absolute Gasteiger partial charge is 0.338 e. The van der Waals surface area contributed by atoms with Gasteiger partial charge in [-0.1, -0.05) is 31.6 Å². The number of hydrogen-bond acceptors (Lipinski definition) is 6. The van der Waals surface area contributed by atoms with E-state index < -0.39 is 0 Å². The van der Waals surface area contributed by atoms with Crippen LogP contribution in [0.2, 0.25) is 0 Å². The second kappa shape index (κ2) is 10.3. The van der Waals surface area contributed by atoms with Crippen molar-refractivity contribution in [1.82, 2.24) is 0 Å². The van der Waals surface area contributed by atoms with E-state index in [-0.39, 0.29) is 35.7 Å². The average molecular weight is 442 g/mol. The van der Waals surface area contributed by atoms with Crippen LogP contribution in [-0.2, 0) is 19.0 Å². The Morgan fingerprint density at radius 2 is 2.03 bits per heavy atom. The van der Waals surface area contributed by atoms with Gasteiger partial charge in [0.05, 0.1) is 17.8 Å². The second-order valence-electron chi connectivity index (χ2n) is 9.09. The van der Waals surface area contributed by atoms with Crippen LogP contribution in [-0.4, -0.2) is 36.4 Å². The lowest BCUT2D eigenvalue weighted by Crippen LogP contribution is -2.28. The standard InChI is InChI=1S/C15H20O3.C11H15NO2/c1-9-5-4-8-15(3)13(18-15)12-11(7-6-9)10(2)14(16)17-12;1-2-3-8-14-11(13)9-4-6-10(12)7-5-9/h5,11-13H,2,4,6-8H2,1,3H3;4-7H,2-3,8,12H2,1H3. The molecule has 1 aromatic rings. The van der Waals surface area contributed by atoms with Crippen LogP contribution < -0.4 is 5.73 Å². The molecule has 2 heterocycles. The lowest BCUT2D eigenvalue weighted by molar-refractivity contribution is -0.140. The van der Waals surface area contributed by atoms with E-state index in [2.05, 4.69) is 33.4 Å². The molecule has 2 aliphatic heterocycles. The van der Waals surface area contributed by atoms with Crippen molar-refractivity contribution in [2.45, 2.75) is 77.1 Å². The Morgan fingerprint density at radius 1 is 1.31 bits per heavy atom. The molecule has 0 spiro atoms. The van der Waals surface area contributed by atoms with Crippen molar-refractivity contribution < 1.29 is 23.8 Å². The highest BCUT2D eigenvalue weighted by molar-refractivity contribution is 5.91. The van der Waals surface area contributed by atoms with Crippen molar-refractivity contribution in [3.63, 3.8) is 0 Å². The number of nitrogen functional groups attached to an aromatic ring is 1. The van der Waals surface area contributed by atoms with Crippen LogP contribution in [0.25, 0.3) is 0 Å². The second-order valence-corrected chi connectivity index (χ2v) is 9.09. The molecule has 0 radical (unpaired) electrons. The maximum Gasteiger partial charge on any atom is 0.338 e. The zero-order valence-corrected chi connectivity index (χ0v) is 19.4. The van der Waals surface area contributed by atoms with Gasteiger partial charge in [-0.05, 0) is 70.2 Å². The van der Waals surface area contributed by atoms with E-state index in [0.717, 1.165) is 38.5 Å². The molecule has 2 saturated heterocycles. The molecule has 2 fully saturated rings. The van der Waals surface area contributed by atoms with Gasteiger partial charge in [-0.15, -0.1) is 0 Å². The third kappa shape index (κ3) is 5.80. The quantitative estimate of drug-likeness (QED) is 0.177. The van der Waals surface area contributed by atoms with Gasteiger partial charge in [0.25, 0.3) is 0 Å². The number of fused-ring (bicyclic) bond motifs is 3. The first-order chi connectivity index (χ1) is 15.2. The summed E-state index contributed by atoms with van der Waals surface area (Å²) >= 11 is 0. The Kier molecular flexibility index (Phi) is 7.77. The van der Waals surface area contributed by atoms with Gasteiger partial charge in [0, 0.05) is 17.2 Å². The molecule has 0 bridgehead atoms. The van der Waals surface area contributed by atoms with Crippen LogP contribution in [0, 0.1) is 5.92 Å². The summed E-state index contributed by atoms with van der Waals surface area (Å²) in [6.45, 7) is 10.7. The molecule has 4 atom stereocenters. The van der Waals surface area contributed by atoms with Crippen molar-refractivity contribution >= 4 is 17.6 Å². The van der Waals surface area contributed by atoms with E-state index in [1.165, 1.54) is 5.57 Å². The van der Waals surface area contributed by atoms with Gasteiger partial charge < -0.3 is 19.9 Å². The molecule has 1 aromatic carbocycles. The first kappa shape index (κ1) is 24.1. The summed E-state index contributed by atoms with van der Waals surface area (Å²) in [5, 5.41) is 0. The van der Waals surface area contributed by atoms with Crippen molar-refractivity contribution in [2.24, 2.45) is 5.92 Å². The van der Waals surface area contributed by atoms with Crippen LogP contribution in [0.5, 0.6) is 0 Å². The number of hydrogen-bond donors (Lipinski definition) is 1. The van der Waals surface area contributed by atoms with E-state index in [0.29, 0.717) is 23.4 Å². The largest absolute Gasteiger partial charge is 0.462 e. The maximum absolute atomic E-state index is 11.7. The predicted octanol–water partition coefficient (Wildman–Crippen LogP) is 4.99. The zero-order valence-electron chi connectivity index (χ0n) is 19.4. The molecule has 1 aliphatic carbocycles. The molecule has 3 aliphatic rings. The van der Waals surface area contributed by atoms with Crippen molar-refractivity contribution in [2.75, 3.05) is 12.3 Å². The molecule has 4 unspecified atom stereocenters. The van der Waals surface area contributed by atoms with E-state index in [1.54, 1.807) is 24.3 Å². The first-order valence-electron chi connectivity index (χ1n) is 11.5. The number of allylic oxidation sites excluding steroid dienone is 2. The zero-order chi connectivity index (χ0) is 23.3. The highest BCUT2D eigenvalue weighted by Crippen LogP contribution is 2.49. The third-order valence-corrected chi connectivity index (χ3v) is 6.45. The number of anilines is 1. The number of carbonyl (C=O) groups is 2. The Bertz CT molecular complexity index is 875. The molecule has 32 heavy (non-hydrogen) atoms. The minimum Gasteiger partial charge on any atom is -0.462 e. The highest BCUT2D eigenvalue weighted by atomic mass is 16.6. The topological polar surface area (TPSA) is 91.1 Å². The fraction of sp³-hybridized carbons (Fsp3) is 0.538. The van der Waals surface area contributed by atoms with E-state index in [4.69, 9.17) is 19.9 Å². The Balaban J connectivity index is 0.000000188. The SMILES string of the molecule is C=C1C(=O)OC2C1CCC(C)=CCCC1(C)OC21.CCCCOC(=O)c1ccc(N)cc1. The minimum atomic E-state index is -0.279. The number of rotatable bonds is 4. The van der Waals surface area contributed by atoms with Crippen LogP contribution in [0.3, 0.4) is 0 Å². The molecule has 0 amide bonds. The predicted molar refractivity (Wildman–Crippen MR) is 124 cm³/mol. The summed E-state index contributed by atoms with van der Waals surface area (Å²) in [5.74, 6) is -0.382. The molecule has 0 aromatic heterocycles. The van der Waals surface area contributed by atoms with Crippen molar-refractivity contribution in [3.8, 4) is 0 Å². The average Bonchev–Trinajstić information content (AvgIpc) is 3.35. The third-order valence-electron chi connectivity index (χ3n) is 6.45. The molecular weight excluding hydrogens is 406 g/mol. The van der Waals surface area contributed by atoms with Gasteiger partial charge in [-0.2, -0.15) is 0 Å². The monoisotopic (exact) mass is 441 g/mol. The van der Waals surface area contributed by atoms with Gasteiger partial charge in [-0.25, -0.2) is 9.59 Å². The Morgan fingerprint density at radius 3 is 2.72 bits per heavy atom. The summed E-state index contributed by atoms with van der Waals surface area (Å²) in [5.41, 5.74) is 8.61. The van der Waals surface area contributed by atoms with E-state index >= 15 is 0 Å². The number of nitrogens with two attached hydrogens (primary N) is 1. The molecular formula is C26H35NO5. The summed E-state index contributed by atoms with van der Waals surface area (Å²) in [4.78, 5) is 23.1.